The Morgan fingerprint density at radius 3 is 2.43 bits per heavy atom. The predicted octanol–water partition coefficient (Wildman–Crippen LogP) is 3.87. The molecule has 14 heavy (non-hydrogen) atoms. The maximum atomic E-state index is 9.29. The number of nitrogens with zero attached hydrogens (tertiary/aromatic N) is 2. The summed E-state index contributed by atoms with van der Waals surface area (Å²) >= 11 is 1.24. The van der Waals surface area contributed by atoms with Gasteiger partial charge in [-0.2, -0.15) is 5.11 Å². The maximum Gasteiger partial charge on any atom is 0.199 e. The second-order valence-corrected chi connectivity index (χ2v) is 3.54. The van der Waals surface area contributed by atoms with E-state index in [1.165, 1.54) is 11.3 Å². The molecule has 2 aromatic rings. The number of rotatable bonds is 2. The Labute approximate surface area is 85.4 Å². The minimum Gasteiger partial charge on any atom is -0.498 e. The third kappa shape index (κ3) is 1.97. The fraction of sp³-hybridized carbons (Fsp3) is 0. The Balaban J connectivity index is 2.20. The van der Waals surface area contributed by atoms with E-state index >= 15 is 0 Å². The molecular formula is C10H8N2OS. The highest BCUT2D eigenvalue weighted by atomic mass is 32.1. The Morgan fingerprint density at radius 2 is 1.79 bits per heavy atom. The van der Waals surface area contributed by atoms with Crippen molar-refractivity contribution >= 4 is 22.7 Å². The SMILES string of the molecule is Oc1sccc1N=Nc1ccccc1. The van der Waals surface area contributed by atoms with E-state index in [-0.39, 0.29) is 5.06 Å². The summed E-state index contributed by atoms with van der Waals surface area (Å²) in [7, 11) is 0. The summed E-state index contributed by atoms with van der Waals surface area (Å²) in [5.41, 5.74) is 1.29. The molecule has 0 fully saturated rings. The van der Waals surface area contributed by atoms with Crippen LogP contribution >= 0.6 is 11.3 Å². The molecule has 3 nitrogen and oxygen atoms in total. The molecule has 0 aliphatic carbocycles. The summed E-state index contributed by atoms with van der Waals surface area (Å²) in [5.74, 6) is 0. The Hall–Kier alpha value is -1.68. The molecule has 1 aromatic carbocycles. The molecule has 0 radical (unpaired) electrons. The van der Waals surface area contributed by atoms with Gasteiger partial charge in [0.25, 0.3) is 0 Å². The highest BCUT2D eigenvalue weighted by Gasteiger charge is 1.98. The van der Waals surface area contributed by atoms with E-state index in [1.54, 1.807) is 11.4 Å². The molecule has 0 aliphatic rings. The van der Waals surface area contributed by atoms with Gasteiger partial charge in [-0.05, 0) is 23.6 Å². The van der Waals surface area contributed by atoms with Crippen LogP contribution in [0.5, 0.6) is 5.06 Å². The van der Waals surface area contributed by atoms with Gasteiger partial charge in [-0.15, -0.1) is 16.5 Å². The average Bonchev–Trinajstić information content (AvgIpc) is 2.63. The van der Waals surface area contributed by atoms with Crippen LogP contribution < -0.4 is 0 Å². The van der Waals surface area contributed by atoms with Crippen molar-refractivity contribution in [2.45, 2.75) is 0 Å². The first-order valence-electron chi connectivity index (χ1n) is 4.09. The third-order valence-corrected chi connectivity index (χ3v) is 2.36. The number of hydrogen-bond acceptors (Lipinski definition) is 4. The molecule has 4 heteroatoms. The molecular weight excluding hydrogens is 196 g/mol. The molecule has 0 saturated carbocycles. The van der Waals surface area contributed by atoms with Crippen molar-refractivity contribution in [2.24, 2.45) is 10.2 Å². The van der Waals surface area contributed by atoms with Crippen molar-refractivity contribution in [3.8, 4) is 5.06 Å². The lowest BCUT2D eigenvalue weighted by atomic mass is 10.3. The highest BCUT2D eigenvalue weighted by molar-refractivity contribution is 7.12. The van der Waals surface area contributed by atoms with Crippen LogP contribution in [0.4, 0.5) is 11.4 Å². The molecule has 0 spiro atoms. The minimum absolute atomic E-state index is 0.199. The topological polar surface area (TPSA) is 45.0 Å². The van der Waals surface area contributed by atoms with Crippen LogP contribution in [0, 0.1) is 0 Å². The van der Waals surface area contributed by atoms with Gasteiger partial charge in [-0.1, -0.05) is 18.2 Å². The van der Waals surface area contributed by atoms with Crippen LogP contribution in [0.1, 0.15) is 0 Å². The van der Waals surface area contributed by atoms with Gasteiger partial charge in [0, 0.05) is 0 Å². The molecule has 0 atom stereocenters. The van der Waals surface area contributed by atoms with Gasteiger partial charge in [0.2, 0.25) is 0 Å². The smallest absolute Gasteiger partial charge is 0.199 e. The van der Waals surface area contributed by atoms with E-state index in [0.717, 1.165) is 5.69 Å². The zero-order valence-electron chi connectivity index (χ0n) is 7.29. The number of hydrogen-bond donors (Lipinski definition) is 1. The molecule has 0 unspecified atom stereocenters. The molecule has 1 aromatic heterocycles. The lowest BCUT2D eigenvalue weighted by Gasteiger charge is -1.89. The summed E-state index contributed by atoms with van der Waals surface area (Å²) in [6.07, 6.45) is 0. The van der Waals surface area contributed by atoms with Crippen molar-refractivity contribution in [2.75, 3.05) is 0 Å². The van der Waals surface area contributed by atoms with Crippen molar-refractivity contribution in [3.05, 3.63) is 41.8 Å². The van der Waals surface area contributed by atoms with Crippen LogP contribution in [0.15, 0.2) is 52.0 Å². The van der Waals surface area contributed by atoms with E-state index in [2.05, 4.69) is 10.2 Å². The Bertz CT molecular complexity index is 436. The molecule has 0 bridgehead atoms. The van der Waals surface area contributed by atoms with Gasteiger partial charge in [-0.25, -0.2) is 0 Å². The summed E-state index contributed by atoms with van der Waals surface area (Å²) in [4.78, 5) is 0. The molecule has 1 heterocycles. The largest absolute Gasteiger partial charge is 0.498 e. The Kier molecular flexibility index (Phi) is 2.55. The van der Waals surface area contributed by atoms with E-state index in [4.69, 9.17) is 0 Å². The Morgan fingerprint density at radius 1 is 1.00 bits per heavy atom. The van der Waals surface area contributed by atoms with Gasteiger partial charge < -0.3 is 5.11 Å². The summed E-state index contributed by atoms with van der Waals surface area (Å²) in [6, 6.07) is 11.1. The number of aromatic hydroxyl groups is 1. The van der Waals surface area contributed by atoms with Gasteiger partial charge in [0.05, 0.1) is 5.69 Å². The quantitative estimate of drug-likeness (QED) is 0.741. The molecule has 70 valence electrons. The van der Waals surface area contributed by atoms with Crippen LogP contribution in [-0.2, 0) is 0 Å². The van der Waals surface area contributed by atoms with Gasteiger partial charge in [-0.3, -0.25) is 0 Å². The van der Waals surface area contributed by atoms with Crippen molar-refractivity contribution in [1.82, 2.24) is 0 Å². The second kappa shape index (κ2) is 4.02. The van der Waals surface area contributed by atoms with Crippen molar-refractivity contribution < 1.29 is 5.11 Å². The standard InChI is InChI=1S/C10H8N2OS/c13-10-9(6-7-14-10)12-11-8-4-2-1-3-5-8/h1-7,13H. The molecule has 0 saturated heterocycles. The summed E-state index contributed by atoms with van der Waals surface area (Å²) < 4.78 is 0. The number of benzene rings is 1. The van der Waals surface area contributed by atoms with Crippen LogP contribution in [0.2, 0.25) is 0 Å². The maximum absolute atomic E-state index is 9.29. The van der Waals surface area contributed by atoms with Gasteiger partial charge in [0.1, 0.15) is 5.69 Å². The monoisotopic (exact) mass is 204 g/mol. The zero-order chi connectivity index (χ0) is 9.80. The molecule has 2 rings (SSSR count). The zero-order valence-corrected chi connectivity index (χ0v) is 8.11. The van der Waals surface area contributed by atoms with Crippen LogP contribution in [-0.4, -0.2) is 5.11 Å². The first-order valence-corrected chi connectivity index (χ1v) is 4.97. The summed E-state index contributed by atoms with van der Waals surface area (Å²) in [6.45, 7) is 0. The predicted molar refractivity (Wildman–Crippen MR) is 56.6 cm³/mol. The van der Waals surface area contributed by atoms with Gasteiger partial charge in [0.15, 0.2) is 5.06 Å². The van der Waals surface area contributed by atoms with Crippen molar-refractivity contribution in [3.63, 3.8) is 0 Å². The van der Waals surface area contributed by atoms with E-state index in [9.17, 15) is 5.11 Å². The van der Waals surface area contributed by atoms with Crippen LogP contribution in [0.3, 0.4) is 0 Å². The molecule has 0 amide bonds. The van der Waals surface area contributed by atoms with Crippen LogP contribution in [0.25, 0.3) is 0 Å². The third-order valence-electron chi connectivity index (χ3n) is 1.65. The van der Waals surface area contributed by atoms with Crippen molar-refractivity contribution in [1.29, 1.82) is 0 Å². The fourth-order valence-electron chi connectivity index (χ4n) is 0.977. The molecule has 1 N–H and O–H groups in total. The number of thiophene rings is 1. The minimum atomic E-state index is 0.199. The first kappa shape index (κ1) is 8.90. The van der Waals surface area contributed by atoms with E-state index < -0.39 is 0 Å². The fourth-order valence-corrected chi connectivity index (χ4v) is 1.53. The first-order chi connectivity index (χ1) is 6.86. The van der Waals surface area contributed by atoms with Gasteiger partial charge >= 0.3 is 0 Å². The van der Waals surface area contributed by atoms with E-state index in [1.807, 2.05) is 30.3 Å². The van der Waals surface area contributed by atoms with E-state index in [0.29, 0.717) is 5.69 Å². The normalized spacial score (nSPS) is 10.9. The molecule has 0 aliphatic heterocycles. The highest BCUT2D eigenvalue weighted by Crippen LogP contribution is 2.33. The average molecular weight is 204 g/mol. The second-order valence-electron chi connectivity index (χ2n) is 2.65. The lowest BCUT2D eigenvalue weighted by molar-refractivity contribution is 0.492. The summed E-state index contributed by atoms with van der Waals surface area (Å²) in [5, 5.41) is 19.2. The lowest BCUT2D eigenvalue weighted by Crippen LogP contribution is -1.60. The number of azo groups is 1.